The van der Waals surface area contributed by atoms with Crippen molar-refractivity contribution < 1.29 is 28.6 Å². The molecule has 0 amide bonds. The molecule has 0 N–H and O–H groups in total. The Morgan fingerprint density at radius 2 is 0.960 bits per heavy atom. The van der Waals surface area contributed by atoms with Crippen molar-refractivity contribution in [3.63, 3.8) is 0 Å². The molecule has 0 saturated carbocycles. The van der Waals surface area contributed by atoms with Crippen molar-refractivity contribution in [3.8, 4) is 0 Å². The van der Waals surface area contributed by atoms with Crippen molar-refractivity contribution in [2.45, 2.75) is 39.1 Å². The number of esters is 3. The van der Waals surface area contributed by atoms with Gasteiger partial charge in [0.2, 0.25) is 0 Å². The van der Waals surface area contributed by atoms with Gasteiger partial charge >= 0.3 is 17.9 Å². The molecule has 0 aliphatic heterocycles. The van der Waals surface area contributed by atoms with Crippen molar-refractivity contribution in [1.82, 2.24) is 4.90 Å². The SMILES string of the molecule is C=CC(=O)OC(C)CN(CC(C)OC(=O)C=C)CC(C)OC(=O)C=C. The third-order valence-corrected chi connectivity index (χ3v) is 3.00. The lowest BCUT2D eigenvalue weighted by Gasteiger charge is -2.29. The van der Waals surface area contributed by atoms with Crippen molar-refractivity contribution in [1.29, 1.82) is 0 Å². The second-order valence-electron chi connectivity index (χ2n) is 5.57. The van der Waals surface area contributed by atoms with Gasteiger partial charge < -0.3 is 14.2 Å². The van der Waals surface area contributed by atoms with Crippen LogP contribution >= 0.6 is 0 Å². The van der Waals surface area contributed by atoms with E-state index < -0.39 is 36.2 Å². The van der Waals surface area contributed by atoms with Crippen LogP contribution in [0.3, 0.4) is 0 Å². The van der Waals surface area contributed by atoms with Gasteiger partial charge in [-0.25, -0.2) is 14.4 Å². The van der Waals surface area contributed by atoms with E-state index >= 15 is 0 Å². The lowest BCUT2D eigenvalue weighted by Crippen LogP contribution is -2.43. The summed E-state index contributed by atoms with van der Waals surface area (Å²) in [6.07, 6.45) is 2.00. The zero-order valence-electron chi connectivity index (χ0n) is 15.1. The maximum absolute atomic E-state index is 11.3. The van der Waals surface area contributed by atoms with E-state index in [-0.39, 0.29) is 0 Å². The van der Waals surface area contributed by atoms with Gasteiger partial charge in [0.05, 0.1) is 0 Å². The van der Waals surface area contributed by atoms with E-state index in [9.17, 15) is 14.4 Å². The van der Waals surface area contributed by atoms with Crippen LogP contribution in [0, 0.1) is 0 Å². The van der Waals surface area contributed by atoms with Gasteiger partial charge in [-0.3, -0.25) is 4.90 Å². The Hall–Kier alpha value is -2.41. The molecule has 7 nitrogen and oxygen atoms in total. The van der Waals surface area contributed by atoms with Gasteiger partial charge in [0.25, 0.3) is 0 Å². The van der Waals surface area contributed by atoms with Gasteiger partial charge in [0.1, 0.15) is 18.3 Å². The number of hydrogen-bond donors (Lipinski definition) is 0. The Balaban J connectivity index is 4.83. The average molecular weight is 353 g/mol. The van der Waals surface area contributed by atoms with E-state index in [1.54, 1.807) is 20.8 Å². The van der Waals surface area contributed by atoms with Crippen molar-refractivity contribution >= 4 is 17.9 Å². The normalized spacial score (nSPS) is 13.9. The van der Waals surface area contributed by atoms with Crippen molar-refractivity contribution in [3.05, 3.63) is 38.0 Å². The Bertz CT molecular complexity index is 430. The average Bonchev–Trinajstić information content (AvgIpc) is 2.53. The zero-order chi connectivity index (χ0) is 19.4. The quantitative estimate of drug-likeness (QED) is 0.300. The highest BCUT2D eigenvalue weighted by Crippen LogP contribution is 2.06. The highest BCUT2D eigenvalue weighted by atomic mass is 16.6. The minimum atomic E-state index is -0.523. The third-order valence-electron chi connectivity index (χ3n) is 3.00. The van der Waals surface area contributed by atoms with Crippen LogP contribution in [0.4, 0.5) is 0 Å². The first-order valence-electron chi connectivity index (χ1n) is 7.93. The molecule has 25 heavy (non-hydrogen) atoms. The third kappa shape index (κ3) is 10.9. The van der Waals surface area contributed by atoms with Crippen LogP contribution in [-0.2, 0) is 28.6 Å². The molecule has 0 rings (SSSR count). The molecule has 3 unspecified atom stereocenters. The smallest absolute Gasteiger partial charge is 0.330 e. The summed E-state index contributed by atoms with van der Waals surface area (Å²) in [6.45, 7) is 16.3. The highest BCUT2D eigenvalue weighted by molar-refractivity contribution is 5.82. The van der Waals surface area contributed by atoms with Crippen LogP contribution in [0.25, 0.3) is 0 Å². The van der Waals surface area contributed by atoms with E-state index in [1.807, 2.05) is 4.90 Å². The number of rotatable bonds is 12. The zero-order valence-corrected chi connectivity index (χ0v) is 15.1. The van der Waals surface area contributed by atoms with Gasteiger partial charge in [-0.15, -0.1) is 0 Å². The van der Waals surface area contributed by atoms with Gasteiger partial charge in [0.15, 0.2) is 0 Å². The number of carbonyl (C=O) groups excluding carboxylic acids is 3. The molecule has 3 atom stereocenters. The predicted octanol–water partition coefficient (Wildman–Crippen LogP) is 1.64. The van der Waals surface area contributed by atoms with E-state index in [2.05, 4.69) is 19.7 Å². The summed E-state index contributed by atoms with van der Waals surface area (Å²) in [5, 5.41) is 0. The fraction of sp³-hybridized carbons (Fsp3) is 0.500. The van der Waals surface area contributed by atoms with Crippen LogP contribution in [0.1, 0.15) is 20.8 Å². The first-order valence-corrected chi connectivity index (χ1v) is 7.93. The molecule has 0 spiro atoms. The Kier molecular flexibility index (Phi) is 10.9. The molecule has 0 aliphatic carbocycles. The minimum absolute atomic E-state index is 0.367. The maximum atomic E-state index is 11.3. The Morgan fingerprint density at radius 3 is 1.16 bits per heavy atom. The molecule has 0 radical (unpaired) electrons. The molecule has 0 bridgehead atoms. The number of hydrogen-bond acceptors (Lipinski definition) is 7. The fourth-order valence-corrected chi connectivity index (χ4v) is 2.17. The van der Waals surface area contributed by atoms with Crippen LogP contribution < -0.4 is 0 Å². The van der Waals surface area contributed by atoms with E-state index in [1.165, 1.54) is 0 Å². The maximum Gasteiger partial charge on any atom is 0.330 e. The molecular formula is C18H27NO6. The van der Waals surface area contributed by atoms with Crippen LogP contribution in [0.2, 0.25) is 0 Å². The molecule has 0 aromatic rings. The molecule has 0 aromatic carbocycles. The van der Waals surface area contributed by atoms with Crippen LogP contribution in [0.15, 0.2) is 38.0 Å². The first-order chi connectivity index (χ1) is 11.7. The van der Waals surface area contributed by atoms with E-state index in [0.29, 0.717) is 19.6 Å². The standard InChI is InChI=1S/C18H27NO6/c1-7-16(20)23-13(4)10-19(11-14(5)24-17(21)8-2)12-15(6)25-18(22)9-3/h7-9,13-15H,1-3,10-12H2,4-6H3. The lowest BCUT2D eigenvalue weighted by atomic mass is 10.2. The molecule has 140 valence electrons. The largest absolute Gasteiger partial charge is 0.458 e. The van der Waals surface area contributed by atoms with E-state index in [0.717, 1.165) is 18.2 Å². The second-order valence-corrected chi connectivity index (χ2v) is 5.57. The van der Waals surface area contributed by atoms with Gasteiger partial charge in [-0.2, -0.15) is 0 Å². The molecule has 0 heterocycles. The number of nitrogens with zero attached hydrogens (tertiary/aromatic N) is 1. The first kappa shape index (κ1) is 22.6. The summed E-state index contributed by atoms with van der Waals surface area (Å²) in [7, 11) is 0. The minimum Gasteiger partial charge on any atom is -0.458 e. The van der Waals surface area contributed by atoms with Gasteiger partial charge in [-0.05, 0) is 20.8 Å². The summed E-state index contributed by atoms with van der Waals surface area (Å²) < 4.78 is 15.5. The molecule has 7 heteroatoms. The number of ether oxygens (including phenoxy) is 3. The van der Waals surface area contributed by atoms with Crippen LogP contribution in [-0.4, -0.2) is 60.8 Å². The summed E-state index contributed by atoms with van der Waals surface area (Å²) >= 11 is 0. The summed E-state index contributed by atoms with van der Waals surface area (Å²) in [6, 6.07) is 0. The fourth-order valence-electron chi connectivity index (χ4n) is 2.17. The predicted molar refractivity (Wildman–Crippen MR) is 93.7 cm³/mol. The molecular weight excluding hydrogens is 326 g/mol. The Labute approximate surface area is 148 Å². The lowest BCUT2D eigenvalue weighted by molar-refractivity contribution is -0.145. The van der Waals surface area contributed by atoms with Crippen LogP contribution in [0.5, 0.6) is 0 Å². The topological polar surface area (TPSA) is 82.1 Å². The van der Waals surface area contributed by atoms with E-state index in [4.69, 9.17) is 14.2 Å². The van der Waals surface area contributed by atoms with Gasteiger partial charge in [0, 0.05) is 37.9 Å². The molecule has 0 saturated heterocycles. The summed E-state index contributed by atoms with van der Waals surface area (Å²) in [5.41, 5.74) is 0. The van der Waals surface area contributed by atoms with Gasteiger partial charge in [-0.1, -0.05) is 19.7 Å². The summed E-state index contributed by atoms with van der Waals surface area (Å²) in [5.74, 6) is -1.57. The highest BCUT2D eigenvalue weighted by Gasteiger charge is 2.20. The number of carbonyl (C=O) groups is 3. The van der Waals surface area contributed by atoms with Crippen molar-refractivity contribution in [2.75, 3.05) is 19.6 Å². The molecule has 0 aliphatic rings. The van der Waals surface area contributed by atoms with Crippen molar-refractivity contribution in [2.24, 2.45) is 0 Å². The molecule has 0 fully saturated rings. The summed E-state index contributed by atoms with van der Waals surface area (Å²) in [4.78, 5) is 35.8. The monoisotopic (exact) mass is 353 g/mol. The second kappa shape index (κ2) is 12.0. The molecule has 0 aromatic heterocycles. The Morgan fingerprint density at radius 1 is 0.720 bits per heavy atom.